The molecule has 90 valence electrons. The number of rotatable bonds is 2. The van der Waals surface area contributed by atoms with E-state index in [9.17, 15) is 18.0 Å². The van der Waals surface area contributed by atoms with Crippen LogP contribution in [0.25, 0.3) is 0 Å². The number of nitrogens with zero attached hydrogens (tertiary/aromatic N) is 1. The first-order valence-corrected chi connectivity index (χ1v) is 4.65. The van der Waals surface area contributed by atoms with Gasteiger partial charge in [-0.15, -0.1) is 0 Å². The van der Waals surface area contributed by atoms with Crippen LogP contribution in [0.15, 0.2) is 12.1 Å². The highest BCUT2D eigenvalue weighted by Gasteiger charge is 2.36. The molecule has 3 nitrogen and oxygen atoms in total. The molecule has 0 aliphatic rings. The van der Waals surface area contributed by atoms with Gasteiger partial charge in [0.15, 0.2) is 0 Å². The van der Waals surface area contributed by atoms with Crippen LogP contribution in [0.5, 0.6) is 0 Å². The molecule has 0 heterocycles. The third-order valence-electron chi connectivity index (χ3n) is 1.93. The molecule has 0 radical (unpaired) electrons. The van der Waals surface area contributed by atoms with Gasteiger partial charge >= 0.3 is 12.1 Å². The predicted molar refractivity (Wildman–Crippen MR) is 52.5 cm³/mol. The van der Waals surface area contributed by atoms with E-state index in [1.807, 2.05) is 0 Å². The third-order valence-corrected chi connectivity index (χ3v) is 2.22. The second-order valence-electron chi connectivity index (χ2n) is 3.17. The number of hydrogen-bond donors (Lipinski definition) is 1. The van der Waals surface area contributed by atoms with E-state index in [1.54, 1.807) is 6.07 Å². The average molecular weight is 264 g/mol. The lowest BCUT2D eigenvalue weighted by molar-refractivity contribution is -0.139. The van der Waals surface area contributed by atoms with Crippen molar-refractivity contribution < 1.29 is 23.1 Å². The third kappa shape index (κ3) is 3.11. The van der Waals surface area contributed by atoms with E-state index in [0.717, 1.165) is 12.1 Å². The molecule has 0 unspecified atom stereocenters. The summed E-state index contributed by atoms with van der Waals surface area (Å²) < 4.78 is 37.9. The summed E-state index contributed by atoms with van der Waals surface area (Å²) >= 11 is 5.42. The van der Waals surface area contributed by atoms with E-state index in [4.69, 9.17) is 22.0 Å². The zero-order valence-electron chi connectivity index (χ0n) is 8.18. The van der Waals surface area contributed by atoms with E-state index < -0.39 is 34.7 Å². The standard InChI is InChI=1S/C10H5ClF3NO2/c11-7-2-5(4-15)1-6(3-8(16)17)9(7)10(12,13)14/h1-2H,3H2,(H,16,17). The molecule has 0 amide bonds. The highest BCUT2D eigenvalue weighted by molar-refractivity contribution is 6.31. The quantitative estimate of drug-likeness (QED) is 0.892. The molecule has 17 heavy (non-hydrogen) atoms. The highest BCUT2D eigenvalue weighted by atomic mass is 35.5. The molecular formula is C10H5ClF3NO2. The zero-order chi connectivity index (χ0) is 13.2. The fraction of sp³-hybridized carbons (Fsp3) is 0.200. The maximum Gasteiger partial charge on any atom is 0.418 e. The van der Waals surface area contributed by atoms with Crippen molar-refractivity contribution in [1.29, 1.82) is 5.26 Å². The van der Waals surface area contributed by atoms with Crippen LogP contribution in [0.1, 0.15) is 16.7 Å². The maximum absolute atomic E-state index is 12.6. The van der Waals surface area contributed by atoms with Gasteiger partial charge in [0.2, 0.25) is 0 Å². The number of hydrogen-bond acceptors (Lipinski definition) is 2. The summed E-state index contributed by atoms with van der Waals surface area (Å²) in [4.78, 5) is 10.5. The maximum atomic E-state index is 12.6. The minimum Gasteiger partial charge on any atom is -0.481 e. The molecule has 0 fully saturated rings. The van der Waals surface area contributed by atoms with Crippen LogP contribution in [0.3, 0.4) is 0 Å². The van der Waals surface area contributed by atoms with E-state index in [0.29, 0.717) is 0 Å². The van der Waals surface area contributed by atoms with Gasteiger partial charge in [-0.2, -0.15) is 18.4 Å². The number of halogens is 4. The smallest absolute Gasteiger partial charge is 0.418 e. The summed E-state index contributed by atoms with van der Waals surface area (Å²) in [5, 5.41) is 16.4. The molecule has 0 aliphatic carbocycles. The van der Waals surface area contributed by atoms with Crippen molar-refractivity contribution >= 4 is 17.6 Å². The second kappa shape index (κ2) is 4.63. The van der Waals surface area contributed by atoms with Crippen LogP contribution in [0.2, 0.25) is 5.02 Å². The van der Waals surface area contributed by atoms with Gasteiger partial charge in [-0.25, -0.2) is 0 Å². The number of carbonyl (C=O) groups is 1. The molecule has 1 N–H and O–H groups in total. The van der Waals surface area contributed by atoms with E-state index >= 15 is 0 Å². The van der Waals surface area contributed by atoms with Crippen LogP contribution < -0.4 is 0 Å². The van der Waals surface area contributed by atoms with Crippen LogP contribution in [0.4, 0.5) is 13.2 Å². The van der Waals surface area contributed by atoms with Gasteiger partial charge in [0.05, 0.1) is 28.6 Å². The Labute approximate surface area is 99.0 Å². The van der Waals surface area contributed by atoms with Gasteiger partial charge in [0, 0.05) is 0 Å². The Kier molecular flexibility index (Phi) is 3.63. The summed E-state index contributed by atoms with van der Waals surface area (Å²) in [6.45, 7) is 0. The van der Waals surface area contributed by atoms with Crippen molar-refractivity contribution in [1.82, 2.24) is 0 Å². The molecule has 0 saturated heterocycles. The van der Waals surface area contributed by atoms with Crippen molar-refractivity contribution in [2.75, 3.05) is 0 Å². The van der Waals surface area contributed by atoms with Gasteiger partial charge in [-0.05, 0) is 17.7 Å². The van der Waals surface area contributed by atoms with Gasteiger partial charge in [0.1, 0.15) is 0 Å². The number of aliphatic carboxylic acids is 1. The molecule has 1 aromatic carbocycles. The minimum atomic E-state index is -4.75. The van der Waals surface area contributed by atoms with Crippen LogP contribution in [-0.4, -0.2) is 11.1 Å². The highest BCUT2D eigenvalue weighted by Crippen LogP contribution is 2.38. The monoisotopic (exact) mass is 263 g/mol. The number of alkyl halides is 3. The molecular weight excluding hydrogens is 259 g/mol. The van der Waals surface area contributed by atoms with Crippen LogP contribution >= 0.6 is 11.6 Å². The fourth-order valence-electron chi connectivity index (χ4n) is 1.35. The Hall–Kier alpha value is -1.74. The predicted octanol–water partition coefficient (Wildman–Crippen LogP) is 2.86. The first-order valence-electron chi connectivity index (χ1n) is 4.27. The van der Waals surface area contributed by atoms with Crippen molar-refractivity contribution in [3.05, 3.63) is 33.8 Å². The largest absolute Gasteiger partial charge is 0.481 e. The van der Waals surface area contributed by atoms with Crippen molar-refractivity contribution in [3.8, 4) is 6.07 Å². The summed E-state index contributed by atoms with van der Waals surface area (Å²) in [6, 6.07) is 3.35. The van der Waals surface area contributed by atoms with Gasteiger partial charge in [-0.3, -0.25) is 4.79 Å². The summed E-state index contributed by atoms with van der Waals surface area (Å²) in [6.07, 6.45) is -5.60. The number of benzene rings is 1. The lowest BCUT2D eigenvalue weighted by atomic mass is 10.0. The molecule has 1 rings (SSSR count). The topological polar surface area (TPSA) is 61.1 Å². The number of nitriles is 1. The second-order valence-corrected chi connectivity index (χ2v) is 3.58. The van der Waals surface area contributed by atoms with Crippen molar-refractivity contribution in [2.45, 2.75) is 12.6 Å². The van der Waals surface area contributed by atoms with E-state index in [1.165, 1.54) is 0 Å². The Balaban J connectivity index is 3.46. The first-order chi connectivity index (χ1) is 7.75. The Bertz CT molecular complexity index is 505. The van der Waals surface area contributed by atoms with E-state index in [-0.39, 0.29) is 5.56 Å². The molecule has 0 aromatic heterocycles. The van der Waals surface area contributed by atoms with Crippen molar-refractivity contribution in [2.24, 2.45) is 0 Å². The molecule has 0 spiro atoms. The molecule has 1 aromatic rings. The van der Waals surface area contributed by atoms with Gasteiger partial charge in [-0.1, -0.05) is 11.6 Å². The molecule has 0 bridgehead atoms. The molecule has 0 aliphatic heterocycles. The summed E-state index contributed by atoms with van der Waals surface area (Å²) in [5.41, 5.74) is -1.84. The van der Waals surface area contributed by atoms with Gasteiger partial charge < -0.3 is 5.11 Å². The zero-order valence-corrected chi connectivity index (χ0v) is 8.93. The SMILES string of the molecule is N#Cc1cc(Cl)c(C(F)(F)F)c(CC(=O)O)c1. The molecule has 0 saturated carbocycles. The number of carboxylic acids is 1. The van der Waals surface area contributed by atoms with Crippen LogP contribution in [0, 0.1) is 11.3 Å². The van der Waals surface area contributed by atoms with Gasteiger partial charge in [0.25, 0.3) is 0 Å². The average Bonchev–Trinajstić information content (AvgIpc) is 2.13. The van der Waals surface area contributed by atoms with Crippen molar-refractivity contribution in [3.63, 3.8) is 0 Å². The molecule has 0 atom stereocenters. The first kappa shape index (κ1) is 13.3. The Morgan fingerprint density at radius 3 is 2.47 bits per heavy atom. The summed E-state index contributed by atoms with van der Waals surface area (Å²) in [5.74, 6) is -1.43. The Morgan fingerprint density at radius 1 is 1.47 bits per heavy atom. The normalized spacial score (nSPS) is 11.0. The minimum absolute atomic E-state index is 0.112. The fourth-order valence-corrected chi connectivity index (χ4v) is 1.69. The molecule has 7 heteroatoms. The van der Waals surface area contributed by atoms with Crippen LogP contribution in [-0.2, 0) is 17.4 Å². The lowest BCUT2D eigenvalue weighted by Crippen LogP contribution is -2.13. The number of carboxylic acid groups (broad SMARTS) is 1. The van der Waals surface area contributed by atoms with E-state index in [2.05, 4.69) is 0 Å². The Morgan fingerprint density at radius 2 is 2.06 bits per heavy atom. The summed E-state index contributed by atoms with van der Waals surface area (Å²) in [7, 11) is 0. The lowest BCUT2D eigenvalue weighted by Gasteiger charge is -2.13.